The van der Waals surface area contributed by atoms with E-state index in [1.807, 2.05) is 23.1 Å². The van der Waals surface area contributed by atoms with Crippen molar-refractivity contribution in [3.8, 4) is 0 Å². The smallest absolute Gasteiger partial charge is 0.289 e. The van der Waals surface area contributed by atoms with Gasteiger partial charge in [0.1, 0.15) is 0 Å². The van der Waals surface area contributed by atoms with E-state index < -0.39 is 0 Å². The summed E-state index contributed by atoms with van der Waals surface area (Å²) in [7, 11) is 0. The number of carbonyl (C=O) groups is 2. The number of piperazine rings is 1. The number of amides is 2. The highest BCUT2D eigenvalue weighted by Gasteiger charge is 2.26. The molecule has 1 saturated heterocycles. The summed E-state index contributed by atoms with van der Waals surface area (Å²) in [5.41, 5.74) is 1.26. The molecule has 1 aromatic carbocycles. The molecule has 2 heterocycles. The summed E-state index contributed by atoms with van der Waals surface area (Å²) in [6, 6.07) is 14.1. The van der Waals surface area contributed by atoms with E-state index in [0.717, 1.165) is 13.1 Å². The van der Waals surface area contributed by atoms with Gasteiger partial charge in [-0.3, -0.25) is 14.5 Å². The maximum atomic E-state index is 12.7. The number of benzene rings is 1. The van der Waals surface area contributed by atoms with Crippen LogP contribution in [-0.2, 0) is 11.3 Å². The van der Waals surface area contributed by atoms with Crippen LogP contribution >= 0.6 is 0 Å². The van der Waals surface area contributed by atoms with E-state index in [-0.39, 0.29) is 11.8 Å². The molecule has 3 rings (SSSR count). The Bertz CT molecular complexity index is 751. The monoisotopic (exact) mass is 383 g/mol. The van der Waals surface area contributed by atoms with Gasteiger partial charge in [0.2, 0.25) is 5.91 Å². The standard InChI is InChI=1S/C22H29N3O3/c1-18(2)25(17-19-7-4-3-5-8-19)11-10-21(26)23-12-14-24(15-13-23)22(27)20-9-6-16-28-20/h3-9,16,18H,10-15,17H2,1-2H3. The van der Waals surface area contributed by atoms with Crippen LogP contribution in [-0.4, -0.2) is 65.3 Å². The van der Waals surface area contributed by atoms with Crippen LogP contribution in [0.4, 0.5) is 0 Å². The minimum Gasteiger partial charge on any atom is -0.459 e. The molecule has 0 saturated carbocycles. The van der Waals surface area contributed by atoms with Crippen LogP contribution in [0.25, 0.3) is 0 Å². The van der Waals surface area contributed by atoms with Gasteiger partial charge in [-0.05, 0) is 31.5 Å². The topological polar surface area (TPSA) is 57.0 Å². The van der Waals surface area contributed by atoms with Crippen molar-refractivity contribution in [2.24, 2.45) is 0 Å². The molecule has 2 aromatic rings. The first kappa shape index (κ1) is 20.1. The van der Waals surface area contributed by atoms with Crippen molar-refractivity contribution in [1.82, 2.24) is 14.7 Å². The number of furan rings is 1. The van der Waals surface area contributed by atoms with Crippen LogP contribution in [0.2, 0.25) is 0 Å². The normalized spacial score (nSPS) is 14.7. The minimum atomic E-state index is -0.106. The maximum Gasteiger partial charge on any atom is 0.289 e. The molecule has 0 unspecified atom stereocenters. The van der Waals surface area contributed by atoms with Gasteiger partial charge in [0.05, 0.1) is 6.26 Å². The molecule has 0 radical (unpaired) electrons. The molecule has 1 aromatic heterocycles. The SMILES string of the molecule is CC(C)N(CCC(=O)N1CCN(C(=O)c2ccco2)CC1)Cc1ccccc1. The summed E-state index contributed by atoms with van der Waals surface area (Å²) >= 11 is 0. The second kappa shape index (κ2) is 9.55. The summed E-state index contributed by atoms with van der Waals surface area (Å²) in [6.07, 6.45) is 2.00. The third-order valence-corrected chi connectivity index (χ3v) is 5.22. The van der Waals surface area contributed by atoms with E-state index in [1.54, 1.807) is 17.0 Å². The molecule has 0 atom stereocenters. The molecule has 150 valence electrons. The zero-order valence-corrected chi connectivity index (χ0v) is 16.7. The summed E-state index contributed by atoms with van der Waals surface area (Å²) in [5, 5.41) is 0. The van der Waals surface area contributed by atoms with Gasteiger partial charge in [-0.25, -0.2) is 0 Å². The summed E-state index contributed by atoms with van der Waals surface area (Å²) < 4.78 is 5.18. The molecule has 2 amide bonds. The van der Waals surface area contributed by atoms with Crippen LogP contribution in [0, 0.1) is 0 Å². The minimum absolute atomic E-state index is 0.106. The number of carbonyl (C=O) groups excluding carboxylic acids is 2. The molecule has 1 fully saturated rings. The first-order valence-electron chi connectivity index (χ1n) is 9.93. The molecule has 6 heteroatoms. The van der Waals surface area contributed by atoms with E-state index in [0.29, 0.717) is 44.4 Å². The van der Waals surface area contributed by atoms with Gasteiger partial charge in [-0.2, -0.15) is 0 Å². The van der Waals surface area contributed by atoms with Crippen molar-refractivity contribution < 1.29 is 14.0 Å². The van der Waals surface area contributed by atoms with Crippen LogP contribution in [0.3, 0.4) is 0 Å². The van der Waals surface area contributed by atoms with Gasteiger partial charge in [0, 0.05) is 51.7 Å². The Balaban J connectivity index is 1.46. The third-order valence-electron chi connectivity index (χ3n) is 5.22. The number of hydrogen-bond acceptors (Lipinski definition) is 4. The van der Waals surface area contributed by atoms with E-state index in [2.05, 4.69) is 30.9 Å². The van der Waals surface area contributed by atoms with E-state index in [1.165, 1.54) is 11.8 Å². The van der Waals surface area contributed by atoms with E-state index in [4.69, 9.17) is 4.42 Å². The molecule has 1 aliphatic rings. The van der Waals surface area contributed by atoms with E-state index >= 15 is 0 Å². The highest BCUT2D eigenvalue weighted by molar-refractivity contribution is 5.91. The Morgan fingerprint density at radius 3 is 2.29 bits per heavy atom. The molecule has 1 aliphatic heterocycles. The molecule has 0 spiro atoms. The molecule has 28 heavy (non-hydrogen) atoms. The van der Waals surface area contributed by atoms with E-state index in [9.17, 15) is 9.59 Å². The zero-order valence-electron chi connectivity index (χ0n) is 16.7. The average molecular weight is 383 g/mol. The van der Waals surface area contributed by atoms with Gasteiger partial charge in [0.15, 0.2) is 5.76 Å². The van der Waals surface area contributed by atoms with Gasteiger partial charge in [-0.15, -0.1) is 0 Å². The lowest BCUT2D eigenvalue weighted by Crippen LogP contribution is -2.51. The molecule has 0 aliphatic carbocycles. The van der Waals surface area contributed by atoms with Gasteiger partial charge in [-0.1, -0.05) is 30.3 Å². The van der Waals surface area contributed by atoms with Crippen LogP contribution in [0.1, 0.15) is 36.4 Å². The Morgan fingerprint density at radius 2 is 1.68 bits per heavy atom. The van der Waals surface area contributed by atoms with Gasteiger partial charge in [0.25, 0.3) is 5.91 Å². The van der Waals surface area contributed by atoms with Gasteiger partial charge < -0.3 is 14.2 Å². The second-order valence-electron chi connectivity index (χ2n) is 7.45. The molecular formula is C22H29N3O3. The summed E-state index contributed by atoms with van der Waals surface area (Å²) in [5.74, 6) is 0.406. The van der Waals surface area contributed by atoms with Crippen LogP contribution < -0.4 is 0 Å². The fraction of sp³-hybridized carbons (Fsp3) is 0.455. The first-order valence-corrected chi connectivity index (χ1v) is 9.93. The van der Waals surface area contributed by atoms with Crippen molar-refractivity contribution in [3.63, 3.8) is 0 Å². The van der Waals surface area contributed by atoms with Crippen molar-refractivity contribution in [2.45, 2.75) is 32.9 Å². The second-order valence-corrected chi connectivity index (χ2v) is 7.45. The molecular weight excluding hydrogens is 354 g/mol. The average Bonchev–Trinajstić information content (AvgIpc) is 3.26. The predicted molar refractivity (Wildman–Crippen MR) is 108 cm³/mol. The summed E-state index contributed by atoms with van der Waals surface area (Å²) in [4.78, 5) is 30.9. The fourth-order valence-electron chi connectivity index (χ4n) is 3.45. The Kier molecular flexibility index (Phi) is 6.87. The van der Waals surface area contributed by atoms with Crippen molar-refractivity contribution in [1.29, 1.82) is 0 Å². The maximum absolute atomic E-state index is 12.7. The predicted octanol–water partition coefficient (Wildman–Crippen LogP) is 2.86. The van der Waals surface area contributed by atoms with Crippen molar-refractivity contribution >= 4 is 11.8 Å². The number of hydrogen-bond donors (Lipinski definition) is 0. The highest BCUT2D eigenvalue weighted by atomic mass is 16.3. The Hall–Kier alpha value is -2.60. The Labute approximate surface area is 166 Å². The van der Waals surface area contributed by atoms with Crippen molar-refractivity contribution in [2.75, 3.05) is 32.7 Å². The third kappa shape index (κ3) is 5.23. The molecule has 0 bridgehead atoms. The Morgan fingerprint density at radius 1 is 1.00 bits per heavy atom. The zero-order chi connectivity index (χ0) is 19.9. The van der Waals surface area contributed by atoms with Crippen LogP contribution in [0.15, 0.2) is 53.1 Å². The van der Waals surface area contributed by atoms with Crippen molar-refractivity contribution in [3.05, 3.63) is 60.1 Å². The number of rotatable bonds is 7. The van der Waals surface area contributed by atoms with Crippen LogP contribution in [0.5, 0.6) is 0 Å². The summed E-state index contributed by atoms with van der Waals surface area (Å²) in [6.45, 7) is 8.14. The lowest BCUT2D eigenvalue weighted by molar-refractivity contribution is -0.133. The quantitative estimate of drug-likeness (QED) is 0.738. The highest BCUT2D eigenvalue weighted by Crippen LogP contribution is 2.12. The lowest BCUT2D eigenvalue weighted by atomic mass is 10.1. The number of nitrogens with zero attached hydrogens (tertiary/aromatic N) is 3. The lowest BCUT2D eigenvalue weighted by Gasteiger charge is -2.35. The van der Waals surface area contributed by atoms with Gasteiger partial charge >= 0.3 is 0 Å². The molecule has 0 N–H and O–H groups in total. The largest absolute Gasteiger partial charge is 0.459 e. The fourth-order valence-corrected chi connectivity index (χ4v) is 3.45. The molecule has 6 nitrogen and oxygen atoms in total. The first-order chi connectivity index (χ1) is 13.5.